The second-order valence-corrected chi connectivity index (χ2v) is 6.59. The molecule has 0 saturated carbocycles. The van der Waals surface area contributed by atoms with E-state index in [9.17, 15) is 14.0 Å². The van der Waals surface area contributed by atoms with Gasteiger partial charge in [-0.15, -0.1) is 11.3 Å². The summed E-state index contributed by atoms with van der Waals surface area (Å²) in [5.74, 6) is -1.27. The number of halogens is 1. The maximum atomic E-state index is 14.0. The minimum atomic E-state index is -0.710. The van der Waals surface area contributed by atoms with Gasteiger partial charge in [0.1, 0.15) is 11.6 Å². The van der Waals surface area contributed by atoms with E-state index < -0.39 is 17.8 Å². The molecule has 0 fully saturated rings. The van der Waals surface area contributed by atoms with Crippen molar-refractivity contribution in [2.75, 3.05) is 32.5 Å². The first kappa shape index (κ1) is 19.8. The molecular weight excluding hydrogens is 359 g/mol. The number of thiazole rings is 1. The number of likely N-dealkylation sites (N-methyl/N-ethyl adjacent to an activating group) is 2. The number of carbonyl (C=O) groups is 2. The predicted molar refractivity (Wildman–Crippen MR) is 98.4 cm³/mol. The number of ether oxygens (including phenoxy) is 1. The zero-order valence-electron chi connectivity index (χ0n) is 14.8. The van der Waals surface area contributed by atoms with Gasteiger partial charge in [0.15, 0.2) is 5.13 Å². The molecular formula is C17H21FN4O3S. The maximum Gasteiger partial charge on any atom is 0.415 e. The van der Waals surface area contributed by atoms with E-state index in [0.29, 0.717) is 18.2 Å². The summed E-state index contributed by atoms with van der Waals surface area (Å²) in [6.07, 6.45) is 1.87. The van der Waals surface area contributed by atoms with Crippen molar-refractivity contribution in [1.29, 1.82) is 0 Å². The van der Waals surface area contributed by atoms with Gasteiger partial charge in [0.2, 0.25) is 0 Å². The van der Waals surface area contributed by atoms with Gasteiger partial charge >= 0.3 is 6.09 Å². The van der Waals surface area contributed by atoms with E-state index in [1.807, 2.05) is 6.92 Å². The van der Waals surface area contributed by atoms with E-state index in [2.05, 4.69) is 15.6 Å². The topological polar surface area (TPSA) is 83.6 Å². The third-order valence-electron chi connectivity index (χ3n) is 3.52. The van der Waals surface area contributed by atoms with Crippen LogP contribution in [0.5, 0.6) is 5.75 Å². The van der Waals surface area contributed by atoms with E-state index in [-0.39, 0.29) is 11.3 Å². The lowest BCUT2D eigenvalue weighted by Gasteiger charge is -2.16. The van der Waals surface area contributed by atoms with Crippen molar-refractivity contribution < 1.29 is 18.7 Å². The highest BCUT2D eigenvalue weighted by molar-refractivity contribution is 7.15. The Balaban J connectivity index is 2.08. The van der Waals surface area contributed by atoms with Crippen LogP contribution in [0.3, 0.4) is 0 Å². The molecule has 9 heteroatoms. The number of hydrogen-bond acceptors (Lipinski definition) is 6. The largest absolute Gasteiger partial charge is 0.415 e. The standard InChI is InChI=1S/C17H21FN4O3S/c1-4-12-10-20-16(26-12)21-15(23)13-9-11(5-6-14(13)18)25-17(24)22(3)8-7-19-2/h5-6,9-10,19H,4,7-8H2,1-3H3,(H,20,21,23). The summed E-state index contributed by atoms with van der Waals surface area (Å²) < 4.78 is 19.2. The summed E-state index contributed by atoms with van der Waals surface area (Å²) in [7, 11) is 3.36. The Kier molecular flexibility index (Phi) is 7.05. The van der Waals surface area contributed by atoms with Gasteiger partial charge in [0, 0.05) is 31.2 Å². The number of nitrogens with zero attached hydrogens (tertiary/aromatic N) is 2. The molecule has 140 valence electrons. The molecule has 2 rings (SSSR count). The van der Waals surface area contributed by atoms with Gasteiger partial charge in [-0.1, -0.05) is 6.92 Å². The Morgan fingerprint density at radius 3 is 2.81 bits per heavy atom. The number of amides is 2. The van der Waals surface area contributed by atoms with E-state index >= 15 is 0 Å². The van der Waals surface area contributed by atoms with Crippen molar-refractivity contribution in [3.8, 4) is 5.75 Å². The van der Waals surface area contributed by atoms with E-state index in [4.69, 9.17) is 4.74 Å². The van der Waals surface area contributed by atoms with E-state index in [1.165, 1.54) is 28.4 Å². The van der Waals surface area contributed by atoms with Gasteiger partial charge < -0.3 is 15.0 Å². The summed E-state index contributed by atoms with van der Waals surface area (Å²) in [6, 6.07) is 3.59. The normalized spacial score (nSPS) is 10.5. The molecule has 1 aromatic carbocycles. The van der Waals surface area contributed by atoms with Crippen LogP contribution >= 0.6 is 11.3 Å². The number of aryl methyl sites for hydroxylation is 1. The molecule has 2 amide bonds. The summed E-state index contributed by atoms with van der Waals surface area (Å²) in [5.41, 5.74) is -0.221. The monoisotopic (exact) mass is 380 g/mol. The second-order valence-electron chi connectivity index (χ2n) is 5.47. The van der Waals surface area contributed by atoms with Crippen LogP contribution in [0.25, 0.3) is 0 Å². The van der Waals surface area contributed by atoms with Crippen molar-refractivity contribution in [3.63, 3.8) is 0 Å². The third kappa shape index (κ3) is 5.24. The zero-order valence-corrected chi connectivity index (χ0v) is 15.7. The molecule has 0 radical (unpaired) electrons. The number of aromatic nitrogens is 1. The number of rotatable bonds is 7. The Morgan fingerprint density at radius 1 is 1.38 bits per heavy atom. The Labute approximate surface area is 155 Å². The summed E-state index contributed by atoms with van der Waals surface area (Å²) >= 11 is 1.32. The van der Waals surface area contributed by atoms with Crippen LogP contribution < -0.4 is 15.4 Å². The van der Waals surface area contributed by atoms with Crippen molar-refractivity contribution >= 4 is 28.5 Å². The number of nitrogens with one attached hydrogen (secondary N) is 2. The number of hydrogen-bond donors (Lipinski definition) is 2. The molecule has 1 heterocycles. The van der Waals surface area contributed by atoms with Crippen molar-refractivity contribution in [1.82, 2.24) is 15.2 Å². The zero-order chi connectivity index (χ0) is 19.1. The molecule has 1 aromatic heterocycles. The fourth-order valence-electron chi connectivity index (χ4n) is 1.98. The Hall–Kier alpha value is -2.52. The lowest BCUT2D eigenvalue weighted by molar-refractivity contribution is 0.102. The fourth-order valence-corrected chi connectivity index (χ4v) is 2.73. The highest BCUT2D eigenvalue weighted by Gasteiger charge is 2.17. The van der Waals surface area contributed by atoms with E-state index in [0.717, 1.165) is 17.4 Å². The van der Waals surface area contributed by atoms with Crippen LogP contribution in [0.15, 0.2) is 24.4 Å². The highest BCUT2D eigenvalue weighted by Crippen LogP contribution is 2.22. The average molecular weight is 380 g/mol. The lowest BCUT2D eigenvalue weighted by atomic mass is 10.2. The lowest BCUT2D eigenvalue weighted by Crippen LogP contribution is -2.34. The molecule has 0 unspecified atom stereocenters. The van der Waals surface area contributed by atoms with Crippen molar-refractivity contribution in [2.45, 2.75) is 13.3 Å². The van der Waals surface area contributed by atoms with Crippen molar-refractivity contribution in [2.24, 2.45) is 0 Å². The average Bonchev–Trinajstić information content (AvgIpc) is 3.08. The van der Waals surface area contributed by atoms with Gasteiger partial charge in [-0.05, 0) is 31.7 Å². The van der Waals surface area contributed by atoms with E-state index in [1.54, 1.807) is 20.3 Å². The van der Waals surface area contributed by atoms with Gasteiger partial charge in [0.25, 0.3) is 5.91 Å². The quantitative estimate of drug-likeness (QED) is 0.772. The Morgan fingerprint density at radius 2 is 2.15 bits per heavy atom. The van der Waals surface area contributed by atoms with Gasteiger partial charge in [0.05, 0.1) is 5.56 Å². The molecule has 0 atom stereocenters. The summed E-state index contributed by atoms with van der Waals surface area (Å²) in [5, 5.41) is 5.86. The molecule has 0 aliphatic heterocycles. The summed E-state index contributed by atoms with van der Waals surface area (Å²) in [4.78, 5) is 30.7. The number of benzene rings is 1. The summed E-state index contributed by atoms with van der Waals surface area (Å²) in [6.45, 7) is 3.04. The van der Waals surface area contributed by atoms with Crippen LogP contribution in [-0.2, 0) is 6.42 Å². The molecule has 0 bridgehead atoms. The fraction of sp³-hybridized carbons (Fsp3) is 0.353. The second kappa shape index (κ2) is 9.25. The first-order chi connectivity index (χ1) is 12.4. The van der Waals surface area contributed by atoms with Crippen LogP contribution in [0, 0.1) is 5.82 Å². The predicted octanol–water partition coefficient (Wildman–Crippen LogP) is 2.75. The minimum absolute atomic E-state index is 0.0891. The SMILES string of the molecule is CCc1cnc(NC(=O)c2cc(OC(=O)N(C)CCNC)ccc2F)s1. The molecule has 2 aromatic rings. The van der Waals surface area contributed by atoms with Crippen molar-refractivity contribution in [3.05, 3.63) is 40.7 Å². The molecule has 0 aliphatic carbocycles. The van der Waals surface area contributed by atoms with Gasteiger partial charge in [-0.25, -0.2) is 14.2 Å². The molecule has 0 saturated heterocycles. The molecule has 0 spiro atoms. The first-order valence-electron chi connectivity index (χ1n) is 8.07. The smallest absolute Gasteiger partial charge is 0.410 e. The molecule has 0 aliphatic rings. The van der Waals surface area contributed by atoms with Crippen LogP contribution in [0.2, 0.25) is 0 Å². The molecule has 2 N–H and O–H groups in total. The van der Waals surface area contributed by atoms with Gasteiger partial charge in [-0.2, -0.15) is 0 Å². The van der Waals surface area contributed by atoms with Crippen LogP contribution in [-0.4, -0.2) is 49.1 Å². The molecule has 26 heavy (non-hydrogen) atoms. The molecule has 7 nitrogen and oxygen atoms in total. The van der Waals surface area contributed by atoms with Crippen LogP contribution in [0.1, 0.15) is 22.2 Å². The van der Waals surface area contributed by atoms with Gasteiger partial charge in [-0.3, -0.25) is 10.1 Å². The first-order valence-corrected chi connectivity index (χ1v) is 8.89. The maximum absolute atomic E-state index is 14.0. The number of carbonyl (C=O) groups excluding carboxylic acids is 2. The highest BCUT2D eigenvalue weighted by atomic mass is 32.1. The van der Waals surface area contributed by atoms with Crippen LogP contribution in [0.4, 0.5) is 14.3 Å². The number of anilines is 1. The minimum Gasteiger partial charge on any atom is -0.410 e. The Bertz CT molecular complexity index is 781. The third-order valence-corrected chi connectivity index (χ3v) is 4.58.